The van der Waals surface area contributed by atoms with Crippen LogP contribution in [0.2, 0.25) is 0 Å². The van der Waals surface area contributed by atoms with Gasteiger partial charge in [-0.25, -0.2) is 4.98 Å². The zero-order valence-corrected chi connectivity index (χ0v) is 26.8. The van der Waals surface area contributed by atoms with E-state index in [2.05, 4.69) is 20.9 Å². The molecule has 0 unspecified atom stereocenters. The highest BCUT2D eigenvalue weighted by atomic mass is 32.2. The van der Waals surface area contributed by atoms with Crippen LogP contribution in [0.1, 0.15) is 15.9 Å². The average Bonchev–Trinajstić information content (AvgIpc) is 3.49. The fraction of sp³-hybridized carbons (Fsp3) is 0.118. The van der Waals surface area contributed by atoms with Crippen molar-refractivity contribution in [1.29, 1.82) is 0 Å². The smallest absolute Gasteiger partial charge is 0.272 e. The number of nitrogens with zero attached hydrogens (tertiary/aromatic N) is 1. The van der Waals surface area contributed by atoms with Gasteiger partial charge in [0.05, 0.1) is 37.3 Å². The number of hydrogen-bond acceptors (Lipinski definition) is 9. The third-order valence-electron chi connectivity index (χ3n) is 6.59. The minimum Gasteiger partial charge on any atom is -0.497 e. The summed E-state index contributed by atoms with van der Waals surface area (Å²) >= 11 is 2.72. The zero-order valence-electron chi connectivity index (χ0n) is 25.2. The first-order valence-corrected chi connectivity index (χ1v) is 15.7. The van der Waals surface area contributed by atoms with E-state index in [1.807, 2.05) is 18.2 Å². The quantitative estimate of drug-likeness (QED) is 0.103. The molecule has 0 saturated heterocycles. The highest BCUT2D eigenvalue weighted by Gasteiger charge is 2.17. The molecule has 1 aromatic heterocycles. The Morgan fingerprint density at radius 1 is 0.826 bits per heavy atom. The molecule has 0 fully saturated rings. The first kappa shape index (κ1) is 32.1. The molecule has 0 aliphatic rings. The Bertz CT molecular complexity index is 1890. The Labute approximate surface area is 273 Å². The molecule has 4 aromatic carbocycles. The molecule has 0 aliphatic heterocycles. The van der Waals surface area contributed by atoms with Crippen LogP contribution in [0, 0.1) is 0 Å². The largest absolute Gasteiger partial charge is 0.497 e. The average molecular weight is 655 g/mol. The normalized spacial score (nSPS) is 11.1. The number of benzene rings is 4. The molecule has 234 valence electrons. The summed E-state index contributed by atoms with van der Waals surface area (Å²) < 4.78 is 17.0. The van der Waals surface area contributed by atoms with E-state index in [-0.39, 0.29) is 17.4 Å². The monoisotopic (exact) mass is 654 g/mol. The van der Waals surface area contributed by atoms with E-state index in [1.54, 1.807) is 79.9 Å². The number of nitrogens with one attached hydrogen (secondary N) is 3. The number of carbonyl (C=O) groups is 3. The molecule has 46 heavy (non-hydrogen) atoms. The number of thioether (sulfide) groups is 1. The molecule has 0 radical (unpaired) electrons. The van der Waals surface area contributed by atoms with E-state index >= 15 is 0 Å². The van der Waals surface area contributed by atoms with E-state index in [0.717, 1.165) is 20.9 Å². The van der Waals surface area contributed by atoms with Crippen molar-refractivity contribution >= 4 is 67.9 Å². The Kier molecular flexibility index (Phi) is 10.5. The van der Waals surface area contributed by atoms with E-state index in [4.69, 9.17) is 14.2 Å². The third-order valence-corrected chi connectivity index (χ3v) is 8.54. The second-order valence-corrected chi connectivity index (χ2v) is 11.7. The number of hydrogen-bond donors (Lipinski definition) is 3. The Hall–Kier alpha value is -5.33. The van der Waals surface area contributed by atoms with Crippen molar-refractivity contribution in [2.75, 3.05) is 37.7 Å². The summed E-state index contributed by atoms with van der Waals surface area (Å²) in [6.45, 7) is 0. The second-order valence-electron chi connectivity index (χ2n) is 9.65. The molecular weight excluding hydrogens is 625 g/mol. The Balaban J connectivity index is 1.25. The van der Waals surface area contributed by atoms with Crippen LogP contribution in [0.5, 0.6) is 17.2 Å². The molecule has 0 saturated carbocycles. The maximum Gasteiger partial charge on any atom is 0.272 e. The molecule has 12 heteroatoms. The molecule has 10 nitrogen and oxygen atoms in total. The van der Waals surface area contributed by atoms with Gasteiger partial charge in [0.1, 0.15) is 22.9 Å². The lowest BCUT2D eigenvalue weighted by Gasteiger charge is -2.13. The van der Waals surface area contributed by atoms with Crippen LogP contribution in [0.4, 0.5) is 10.8 Å². The van der Waals surface area contributed by atoms with E-state index in [0.29, 0.717) is 33.4 Å². The van der Waals surface area contributed by atoms with Crippen LogP contribution in [-0.2, 0) is 9.59 Å². The lowest BCUT2D eigenvalue weighted by Crippen LogP contribution is -2.30. The Morgan fingerprint density at radius 2 is 1.54 bits per heavy atom. The lowest BCUT2D eigenvalue weighted by molar-refractivity contribution is -0.114. The van der Waals surface area contributed by atoms with Crippen LogP contribution in [-0.4, -0.2) is 49.8 Å². The molecule has 5 aromatic rings. The molecule has 1 heterocycles. The van der Waals surface area contributed by atoms with Crippen LogP contribution >= 0.6 is 23.1 Å². The molecule has 3 N–H and O–H groups in total. The van der Waals surface area contributed by atoms with E-state index in [1.165, 1.54) is 43.4 Å². The summed E-state index contributed by atoms with van der Waals surface area (Å²) in [4.78, 5) is 44.4. The number of thiazole rings is 1. The molecule has 0 bridgehead atoms. The van der Waals surface area contributed by atoms with E-state index < -0.39 is 11.8 Å². The minimum atomic E-state index is -0.539. The number of fused-ring (bicyclic) bond motifs is 1. The van der Waals surface area contributed by atoms with Gasteiger partial charge in [-0.3, -0.25) is 14.4 Å². The predicted molar refractivity (Wildman–Crippen MR) is 182 cm³/mol. The van der Waals surface area contributed by atoms with Crippen molar-refractivity contribution in [1.82, 2.24) is 10.3 Å². The number of rotatable bonds is 12. The fourth-order valence-electron chi connectivity index (χ4n) is 4.27. The van der Waals surface area contributed by atoms with Gasteiger partial charge in [0, 0.05) is 21.7 Å². The number of carbonyl (C=O) groups excluding carboxylic acids is 3. The van der Waals surface area contributed by atoms with Crippen molar-refractivity contribution in [3.63, 3.8) is 0 Å². The van der Waals surface area contributed by atoms with Crippen LogP contribution in [0.15, 0.2) is 102 Å². The second kappa shape index (κ2) is 15.1. The first-order chi connectivity index (χ1) is 22.3. The van der Waals surface area contributed by atoms with Crippen LogP contribution in [0.25, 0.3) is 16.3 Å². The van der Waals surface area contributed by atoms with Crippen molar-refractivity contribution in [3.05, 3.63) is 108 Å². The standard InChI is InChI=1S/C34H30N4O6S2/c1-42-24-12-16-29(44-3)22(17-24)18-28(36-32(40)21-7-5-4-6-8-21)33(41)35-23-9-13-26(14-10-23)45-20-31(39)38-34-37-27-15-11-25(43-2)19-30(27)46-34/h4-19H,20H2,1-3H3,(H,35,41)(H,36,40)(H,37,38,39)/b28-18-. The number of anilines is 2. The molecule has 0 atom stereocenters. The Morgan fingerprint density at radius 3 is 2.26 bits per heavy atom. The molecule has 0 aliphatic carbocycles. The number of methoxy groups -OCH3 is 3. The van der Waals surface area contributed by atoms with Gasteiger partial charge < -0.3 is 30.2 Å². The topological polar surface area (TPSA) is 128 Å². The van der Waals surface area contributed by atoms with Crippen molar-refractivity contribution in [2.45, 2.75) is 4.90 Å². The molecule has 0 spiro atoms. The van der Waals surface area contributed by atoms with Crippen molar-refractivity contribution < 1.29 is 28.6 Å². The summed E-state index contributed by atoms with van der Waals surface area (Å²) in [5, 5.41) is 8.92. The van der Waals surface area contributed by atoms with Crippen LogP contribution < -0.4 is 30.2 Å². The van der Waals surface area contributed by atoms with Gasteiger partial charge in [0.25, 0.3) is 11.8 Å². The van der Waals surface area contributed by atoms with Gasteiger partial charge in [-0.1, -0.05) is 29.5 Å². The van der Waals surface area contributed by atoms with Crippen LogP contribution in [0.3, 0.4) is 0 Å². The molecule has 3 amide bonds. The predicted octanol–water partition coefficient (Wildman–Crippen LogP) is 6.46. The summed E-state index contributed by atoms with van der Waals surface area (Å²) in [5.74, 6) is 0.779. The summed E-state index contributed by atoms with van der Waals surface area (Å²) in [6.07, 6.45) is 1.53. The lowest BCUT2D eigenvalue weighted by atomic mass is 10.1. The SMILES string of the molecule is COc1ccc(OC)c(/C=C(\NC(=O)c2ccccc2)C(=O)Nc2ccc(SCC(=O)Nc3nc4ccc(OC)cc4s3)cc2)c1. The maximum atomic E-state index is 13.5. The maximum absolute atomic E-state index is 13.5. The highest BCUT2D eigenvalue weighted by Crippen LogP contribution is 2.30. The molecule has 5 rings (SSSR count). The van der Waals surface area contributed by atoms with Gasteiger partial charge >= 0.3 is 0 Å². The van der Waals surface area contributed by atoms with Gasteiger partial charge in [-0.05, 0) is 78.9 Å². The number of aromatic nitrogens is 1. The summed E-state index contributed by atoms with van der Waals surface area (Å²) in [6, 6.07) is 26.4. The van der Waals surface area contributed by atoms with Gasteiger partial charge in [0.15, 0.2) is 5.13 Å². The van der Waals surface area contributed by atoms with Crippen molar-refractivity contribution in [3.8, 4) is 17.2 Å². The van der Waals surface area contributed by atoms with Gasteiger partial charge in [0.2, 0.25) is 5.91 Å². The highest BCUT2D eigenvalue weighted by molar-refractivity contribution is 8.00. The summed E-state index contributed by atoms with van der Waals surface area (Å²) in [7, 11) is 4.66. The third kappa shape index (κ3) is 8.23. The number of amides is 3. The minimum absolute atomic E-state index is 0.00354. The fourth-order valence-corrected chi connectivity index (χ4v) is 5.88. The van der Waals surface area contributed by atoms with E-state index in [9.17, 15) is 14.4 Å². The van der Waals surface area contributed by atoms with Crippen molar-refractivity contribution in [2.24, 2.45) is 0 Å². The zero-order chi connectivity index (χ0) is 32.5. The summed E-state index contributed by atoms with van der Waals surface area (Å²) in [5.41, 5.74) is 2.22. The first-order valence-electron chi connectivity index (χ1n) is 13.9. The van der Waals surface area contributed by atoms with Gasteiger partial charge in [-0.2, -0.15) is 0 Å². The molecular formula is C34H30N4O6S2. The number of ether oxygens (including phenoxy) is 3. The van der Waals surface area contributed by atoms with Gasteiger partial charge in [-0.15, -0.1) is 11.8 Å².